The first-order valence-corrected chi connectivity index (χ1v) is 22.5. The molecule has 0 aliphatic carbocycles. The molecule has 22 heteroatoms. The average Bonchev–Trinajstić information content (AvgIpc) is 3.32. The van der Waals surface area contributed by atoms with Gasteiger partial charge in [0.25, 0.3) is 12.4 Å². The van der Waals surface area contributed by atoms with Gasteiger partial charge in [-0.1, -0.05) is 97.3 Å². The number of carbonyl (C=O) groups excluding carboxylic acids is 2. The van der Waals surface area contributed by atoms with Gasteiger partial charge >= 0.3 is 12.2 Å². The Bertz CT molecular complexity index is 1700. The maximum absolute atomic E-state index is 13.8. The van der Waals surface area contributed by atoms with E-state index in [2.05, 4.69) is 34.0 Å². The number of rotatable bonds is 32. The van der Waals surface area contributed by atoms with Crippen LogP contribution in [0.4, 0.5) is 53.5 Å². The van der Waals surface area contributed by atoms with E-state index in [0.717, 1.165) is 77.0 Å². The first-order chi connectivity index (χ1) is 31.9. The van der Waals surface area contributed by atoms with Gasteiger partial charge in [0.1, 0.15) is 0 Å². The van der Waals surface area contributed by atoms with E-state index in [1.54, 1.807) is 20.8 Å². The normalized spacial score (nSPS) is 12.4. The zero-order valence-corrected chi connectivity index (χ0v) is 39.2. The summed E-state index contributed by atoms with van der Waals surface area (Å²) in [5, 5.41) is 4.49. The molecule has 0 aromatic heterocycles. The van der Waals surface area contributed by atoms with Crippen molar-refractivity contribution in [3.8, 4) is 11.5 Å². The quantitative estimate of drug-likeness (QED) is 0.0240. The summed E-state index contributed by atoms with van der Waals surface area (Å²) in [4.78, 5) is 24.1. The largest absolute Gasteiger partial charge is 0.412 e. The van der Waals surface area contributed by atoms with Gasteiger partial charge in [0, 0.05) is 47.1 Å². The van der Waals surface area contributed by atoms with E-state index < -0.39 is 106 Å². The maximum Gasteiger partial charge on any atom is 0.412 e. The van der Waals surface area contributed by atoms with Gasteiger partial charge in [-0.3, -0.25) is 0 Å². The Morgan fingerprint density at radius 3 is 1.21 bits per heavy atom. The minimum absolute atomic E-state index is 0.166. The van der Waals surface area contributed by atoms with E-state index in [0.29, 0.717) is 26.1 Å². The van der Waals surface area contributed by atoms with Crippen molar-refractivity contribution in [3.05, 3.63) is 58.2 Å². The van der Waals surface area contributed by atoms with Crippen LogP contribution in [-0.4, -0.2) is 77.9 Å². The van der Waals surface area contributed by atoms with Gasteiger partial charge < -0.3 is 48.5 Å². The van der Waals surface area contributed by atoms with Crippen molar-refractivity contribution < 1.29 is 91.4 Å². The van der Waals surface area contributed by atoms with Crippen molar-refractivity contribution in [2.45, 2.75) is 149 Å². The van der Waals surface area contributed by atoms with E-state index >= 15 is 0 Å². The van der Waals surface area contributed by atoms with Crippen molar-refractivity contribution in [1.82, 2.24) is 10.6 Å². The lowest BCUT2D eigenvalue weighted by molar-refractivity contribution is -0.386. The molecule has 67 heavy (non-hydrogen) atoms. The number of hydrogen-bond acceptors (Lipinski definition) is 10. The van der Waals surface area contributed by atoms with E-state index in [1.165, 1.54) is 20.6 Å². The Morgan fingerprint density at radius 2 is 0.836 bits per heavy atom. The predicted octanol–water partition coefficient (Wildman–Crippen LogP) is 12.2. The Morgan fingerprint density at radius 1 is 0.478 bits per heavy atom. The summed E-state index contributed by atoms with van der Waals surface area (Å²) in [6, 6.07) is 0. The molecule has 0 fully saturated rings. The minimum atomic E-state index is -2.35. The fraction of sp³-hybridized carbons (Fsp3) is 0.689. The number of carbonyl (C=O) groups is 2. The SMILES string of the molecule is CCCCCCCCC(CNC(=O)Oc1c(F)c(F)c(F)c(F)c1F)C(OC)(OC)OCC.CCCCCCCCCC(CNC(=O)Oc1c(F)c(F)c(F)c(F)c1F)OC(OCC)OCC. The van der Waals surface area contributed by atoms with Gasteiger partial charge in [0.2, 0.25) is 69.7 Å². The zero-order chi connectivity index (χ0) is 50.5. The van der Waals surface area contributed by atoms with Gasteiger partial charge in [0.05, 0.1) is 12.0 Å². The first kappa shape index (κ1) is 61.1. The highest BCUT2D eigenvalue weighted by molar-refractivity contribution is 5.71. The number of ether oxygens (including phenoxy) is 8. The number of hydrogen-bond donors (Lipinski definition) is 2. The zero-order valence-electron chi connectivity index (χ0n) is 39.2. The van der Waals surface area contributed by atoms with E-state index in [4.69, 9.17) is 28.4 Å². The molecule has 0 heterocycles. The molecule has 0 spiro atoms. The third kappa shape index (κ3) is 20.3. The molecule has 2 atom stereocenters. The number of halogens is 10. The third-order valence-electron chi connectivity index (χ3n) is 10.1. The highest BCUT2D eigenvalue weighted by Crippen LogP contribution is 2.32. The van der Waals surface area contributed by atoms with Crippen LogP contribution in [0.25, 0.3) is 0 Å². The van der Waals surface area contributed by atoms with Crippen molar-refractivity contribution in [2.24, 2.45) is 5.92 Å². The predicted molar refractivity (Wildman–Crippen MR) is 225 cm³/mol. The van der Waals surface area contributed by atoms with Crippen LogP contribution in [0.1, 0.15) is 131 Å². The van der Waals surface area contributed by atoms with Crippen LogP contribution in [-0.2, 0) is 28.4 Å². The fourth-order valence-corrected chi connectivity index (χ4v) is 6.54. The van der Waals surface area contributed by atoms with Crippen molar-refractivity contribution in [2.75, 3.05) is 47.1 Å². The summed E-state index contributed by atoms with van der Waals surface area (Å²) in [6.07, 6.45) is 11.0. The Balaban J connectivity index is 0.000000670. The summed E-state index contributed by atoms with van der Waals surface area (Å²) >= 11 is 0. The Kier molecular flexibility index (Phi) is 30.5. The molecular weight excluding hydrogens is 918 g/mol. The van der Waals surface area contributed by atoms with Crippen molar-refractivity contribution in [1.29, 1.82) is 0 Å². The smallest absolute Gasteiger partial charge is 0.404 e. The lowest BCUT2D eigenvalue weighted by Crippen LogP contribution is -2.49. The van der Waals surface area contributed by atoms with Crippen LogP contribution in [0, 0.1) is 64.1 Å². The molecule has 386 valence electrons. The standard InChI is InChI=1S/C23H34F5NO5.C22H32F5NO5/c1-4-7-8-9-10-11-12-13-15(33-23(31-5-2)32-6-3)14-29-22(30)34-21-19(27)17(25)16(24)18(26)20(21)28;1-5-7-8-9-10-11-12-14(22(30-3,31-4)32-6-2)13-28-21(29)33-20-18(26)16(24)15(23)17(25)19(20)27/h15,23H,4-14H2,1-3H3,(H,29,30);14H,5-13H2,1-4H3,(H,28,29). The Hall–Kier alpha value is -3.96. The molecule has 2 N–H and O–H groups in total. The molecule has 0 bridgehead atoms. The number of amides is 2. The molecule has 0 aliphatic rings. The maximum atomic E-state index is 13.8. The van der Waals surface area contributed by atoms with Crippen LogP contribution in [0.15, 0.2) is 0 Å². The topological polar surface area (TPSA) is 132 Å². The van der Waals surface area contributed by atoms with Gasteiger partial charge in [0.15, 0.2) is 0 Å². The van der Waals surface area contributed by atoms with Crippen LogP contribution in [0.5, 0.6) is 11.5 Å². The van der Waals surface area contributed by atoms with Crippen molar-refractivity contribution in [3.63, 3.8) is 0 Å². The second kappa shape index (κ2) is 33.5. The van der Waals surface area contributed by atoms with Crippen LogP contribution < -0.4 is 20.1 Å². The number of unbranched alkanes of at least 4 members (excludes halogenated alkanes) is 11. The second-order valence-electron chi connectivity index (χ2n) is 14.9. The van der Waals surface area contributed by atoms with Gasteiger partial charge in [-0.15, -0.1) is 0 Å². The van der Waals surface area contributed by atoms with Crippen LogP contribution >= 0.6 is 0 Å². The van der Waals surface area contributed by atoms with Gasteiger partial charge in [-0.05, 0) is 33.6 Å². The van der Waals surface area contributed by atoms with E-state index in [9.17, 15) is 53.5 Å². The lowest BCUT2D eigenvalue weighted by Gasteiger charge is -2.37. The third-order valence-corrected chi connectivity index (χ3v) is 10.1. The molecule has 2 unspecified atom stereocenters. The number of methoxy groups -OCH3 is 2. The Labute approximate surface area is 386 Å². The molecule has 2 aromatic carbocycles. The molecule has 12 nitrogen and oxygen atoms in total. The summed E-state index contributed by atoms with van der Waals surface area (Å²) < 4.78 is 176. The summed E-state index contributed by atoms with van der Waals surface area (Å²) in [5.41, 5.74) is 0. The lowest BCUT2D eigenvalue weighted by atomic mass is 9.97. The molecule has 2 rings (SSSR count). The van der Waals surface area contributed by atoms with E-state index in [1.807, 2.05) is 0 Å². The van der Waals surface area contributed by atoms with Crippen LogP contribution in [0.2, 0.25) is 0 Å². The van der Waals surface area contributed by atoms with Crippen molar-refractivity contribution >= 4 is 12.2 Å². The van der Waals surface area contributed by atoms with Crippen LogP contribution in [0.3, 0.4) is 0 Å². The molecule has 0 aliphatic heterocycles. The highest BCUT2D eigenvalue weighted by atomic mass is 19.2. The summed E-state index contributed by atoms with van der Waals surface area (Å²) in [7, 11) is 2.72. The molecular formula is C45H66F10N2O10. The fourth-order valence-electron chi connectivity index (χ4n) is 6.54. The molecule has 0 radical (unpaired) electrons. The van der Waals surface area contributed by atoms with Gasteiger partial charge in [-0.2, -0.15) is 17.6 Å². The molecule has 2 amide bonds. The number of nitrogens with one attached hydrogen (secondary N) is 2. The summed E-state index contributed by atoms with van der Waals surface area (Å²) in [6.45, 7) is 8.99. The monoisotopic (exact) mass is 984 g/mol. The first-order valence-electron chi connectivity index (χ1n) is 22.5. The molecule has 2 aromatic rings. The van der Waals surface area contributed by atoms with Gasteiger partial charge in [-0.25, -0.2) is 35.9 Å². The van der Waals surface area contributed by atoms with E-state index in [-0.39, 0.29) is 19.7 Å². The molecule has 0 saturated carbocycles. The average molecular weight is 985 g/mol. The summed E-state index contributed by atoms with van der Waals surface area (Å²) in [5.74, 6) is -28.0. The highest BCUT2D eigenvalue weighted by Gasteiger charge is 2.41. The minimum Gasteiger partial charge on any atom is -0.404 e. The number of benzene rings is 2. The molecule has 0 saturated heterocycles. The second-order valence-corrected chi connectivity index (χ2v) is 14.9.